The third-order valence-electron chi connectivity index (χ3n) is 3.21. The molecule has 0 spiro atoms. The van der Waals surface area contributed by atoms with Crippen molar-refractivity contribution in [2.75, 3.05) is 26.0 Å². The fourth-order valence-electron chi connectivity index (χ4n) is 2.35. The van der Waals surface area contributed by atoms with E-state index in [1.54, 1.807) is 0 Å². The maximum absolute atomic E-state index is 8.95. The van der Waals surface area contributed by atoms with Crippen molar-refractivity contribution < 1.29 is 5.11 Å². The van der Waals surface area contributed by atoms with Crippen LogP contribution in [0.4, 0.5) is 0 Å². The Labute approximate surface area is 113 Å². The van der Waals surface area contributed by atoms with E-state index < -0.39 is 0 Å². The van der Waals surface area contributed by atoms with E-state index in [4.69, 9.17) is 10.8 Å². The maximum Gasteiger partial charge on any atom is 0.0595 e. The first-order valence-corrected chi connectivity index (χ1v) is 7.47. The van der Waals surface area contributed by atoms with E-state index in [1.165, 1.54) is 34.6 Å². The zero-order chi connectivity index (χ0) is 13.0. The van der Waals surface area contributed by atoms with Crippen molar-refractivity contribution in [2.45, 2.75) is 30.3 Å². The lowest BCUT2D eigenvalue weighted by Gasteiger charge is -2.21. The molecular formula is C14H22N2OS. The zero-order valence-electron chi connectivity index (χ0n) is 10.9. The largest absolute Gasteiger partial charge is 0.395 e. The summed E-state index contributed by atoms with van der Waals surface area (Å²) in [6, 6.07) is 6.62. The molecule has 1 atom stereocenters. The molecule has 1 heterocycles. The molecule has 1 aromatic carbocycles. The number of benzene rings is 1. The van der Waals surface area contributed by atoms with Crippen LogP contribution in [0, 0.1) is 0 Å². The van der Waals surface area contributed by atoms with Gasteiger partial charge in [0.25, 0.3) is 0 Å². The Hall–Kier alpha value is -0.550. The summed E-state index contributed by atoms with van der Waals surface area (Å²) in [6.45, 7) is 1.67. The number of likely N-dealkylation sites (N-methyl/N-ethyl adjacent to an activating group) is 1. The van der Waals surface area contributed by atoms with E-state index in [9.17, 15) is 0 Å². The second kappa shape index (κ2) is 6.57. The Morgan fingerprint density at radius 3 is 3.11 bits per heavy atom. The Balaban J connectivity index is 1.97. The summed E-state index contributed by atoms with van der Waals surface area (Å²) in [7, 11) is 2.05. The van der Waals surface area contributed by atoms with Crippen LogP contribution in [0.15, 0.2) is 23.1 Å². The Morgan fingerprint density at radius 2 is 2.33 bits per heavy atom. The first kappa shape index (κ1) is 13.9. The van der Waals surface area contributed by atoms with Gasteiger partial charge in [-0.15, -0.1) is 11.8 Å². The van der Waals surface area contributed by atoms with Gasteiger partial charge in [0.2, 0.25) is 0 Å². The van der Waals surface area contributed by atoms with Gasteiger partial charge in [-0.2, -0.15) is 0 Å². The first-order valence-electron chi connectivity index (χ1n) is 6.48. The molecule has 1 aromatic rings. The normalized spacial score (nSPS) is 16.7. The van der Waals surface area contributed by atoms with Crippen LogP contribution in [0.25, 0.3) is 0 Å². The van der Waals surface area contributed by atoms with Gasteiger partial charge < -0.3 is 15.7 Å². The fraction of sp³-hybridized carbons (Fsp3) is 0.571. The van der Waals surface area contributed by atoms with Crippen molar-refractivity contribution >= 4 is 11.8 Å². The lowest BCUT2D eigenvalue weighted by Crippen LogP contribution is -2.37. The molecule has 3 N–H and O–H groups in total. The standard InChI is InChI=1S/C14H22N2OS/c1-16(9-13(15)10-17)8-11-4-5-14-12(7-11)3-2-6-18-14/h4-5,7,13,17H,2-3,6,8-10,15H2,1H3. The number of hydrogen-bond acceptors (Lipinski definition) is 4. The van der Waals surface area contributed by atoms with Crippen LogP contribution < -0.4 is 5.73 Å². The molecule has 0 bridgehead atoms. The Bertz CT molecular complexity index is 397. The van der Waals surface area contributed by atoms with Gasteiger partial charge >= 0.3 is 0 Å². The van der Waals surface area contributed by atoms with E-state index in [-0.39, 0.29) is 12.6 Å². The molecule has 2 rings (SSSR count). The van der Waals surface area contributed by atoms with Gasteiger partial charge in [0.15, 0.2) is 0 Å². The highest BCUT2D eigenvalue weighted by Crippen LogP contribution is 2.30. The molecule has 100 valence electrons. The van der Waals surface area contributed by atoms with Crippen LogP contribution in [-0.2, 0) is 13.0 Å². The molecule has 0 aliphatic carbocycles. The van der Waals surface area contributed by atoms with Gasteiger partial charge in [0, 0.05) is 24.0 Å². The Kier molecular flexibility index (Phi) is 5.06. The molecule has 0 amide bonds. The van der Waals surface area contributed by atoms with Crippen LogP contribution in [0.5, 0.6) is 0 Å². The van der Waals surface area contributed by atoms with E-state index in [1.807, 2.05) is 18.8 Å². The van der Waals surface area contributed by atoms with Gasteiger partial charge in [-0.05, 0) is 42.8 Å². The monoisotopic (exact) mass is 266 g/mol. The predicted molar refractivity (Wildman–Crippen MR) is 76.9 cm³/mol. The second-order valence-corrected chi connectivity index (χ2v) is 6.17. The van der Waals surface area contributed by atoms with Gasteiger partial charge in [0.05, 0.1) is 6.61 Å². The number of aryl methyl sites for hydroxylation is 1. The quantitative estimate of drug-likeness (QED) is 0.847. The van der Waals surface area contributed by atoms with Crippen molar-refractivity contribution in [1.29, 1.82) is 0 Å². The number of thioether (sulfide) groups is 1. The van der Waals surface area contributed by atoms with Crippen LogP contribution in [0.1, 0.15) is 17.5 Å². The molecule has 1 aliphatic rings. The summed E-state index contributed by atoms with van der Waals surface area (Å²) >= 11 is 1.96. The summed E-state index contributed by atoms with van der Waals surface area (Å²) in [5.41, 5.74) is 8.57. The van der Waals surface area contributed by atoms with E-state index in [2.05, 4.69) is 23.1 Å². The average Bonchev–Trinajstić information content (AvgIpc) is 2.38. The molecule has 18 heavy (non-hydrogen) atoms. The zero-order valence-corrected chi connectivity index (χ0v) is 11.7. The molecule has 3 nitrogen and oxygen atoms in total. The van der Waals surface area contributed by atoms with Crippen LogP contribution in [0.3, 0.4) is 0 Å². The van der Waals surface area contributed by atoms with Crippen molar-refractivity contribution in [1.82, 2.24) is 4.90 Å². The summed E-state index contributed by atoms with van der Waals surface area (Å²) < 4.78 is 0. The third-order valence-corrected chi connectivity index (χ3v) is 4.41. The second-order valence-electron chi connectivity index (χ2n) is 5.03. The summed E-state index contributed by atoms with van der Waals surface area (Å²) in [6.07, 6.45) is 2.49. The molecule has 1 aliphatic heterocycles. The minimum absolute atomic E-state index is 0.0468. The lowest BCUT2D eigenvalue weighted by molar-refractivity contribution is 0.218. The predicted octanol–water partition coefficient (Wildman–Crippen LogP) is 1.48. The van der Waals surface area contributed by atoms with E-state index in [0.29, 0.717) is 0 Å². The molecule has 0 aromatic heterocycles. The highest BCUT2D eigenvalue weighted by molar-refractivity contribution is 7.99. The smallest absolute Gasteiger partial charge is 0.0595 e. The molecule has 0 saturated heterocycles. The van der Waals surface area contributed by atoms with Gasteiger partial charge in [-0.25, -0.2) is 0 Å². The average molecular weight is 266 g/mol. The van der Waals surface area contributed by atoms with E-state index >= 15 is 0 Å². The van der Waals surface area contributed by atoms with E-state index in [0.717, 1.165) is 13.1 Å². The minimum Gasteiger partial charge on any atom is -0.395 e. The molecular weight excluding hydrogens is 244 g/mol. The van der Waals surface area contributed by atoms with Gasteiger partial charge in [-0.3, -0.25) is 0 Å². The number of nitrogens with two attached hydrogens (primary N) is 1. The molecule has 4 heteroatoms. The van der Waals surface area contributed by atoms with Gasteiger partial charge in [0.1, 0.15) is 0 Å². The SMILES string of the molecule is CN(Cc1ccc2c(c1)CCCS2)CC(N)CO. The van der Waals surface area contributed by atoms with Crippen LogP contribution in [0.2, 0.25) is 0 Å². The lowest BCUT2D eigenvalue weighted by atomic mass is 10.1. The van der Waals surface area contributed by atoms with Crippen molar-refractivity contribution in [3.8, 4) is 0 Å². The van der Waals surface area contributed by atoms with Crippen molar-refractivity contribution in [3.05, 3.63) is 29.3 Å². The summed E-state index contributed by atoms with van der Waals surface area (Å²) in [4.78, 5) is 3.61. The highest BCUT2D eigenvalue weighted by atomic mass is 32.2. The number of fused-ring (bicyclic) bond motifs is 1. The number of nitrogens with zero attached hydrogens (tertiary/aromatic N) is 1. The Morgan fingerprint density at radius 1 is 1.50 bits per heavy atom. The molecule has 1 unspecified atom stereocenters. The number of rotatable bonds is 5. The van der Waals surface area contributed by atoms with Crippen LogP contribution in [-0.4, -0.2) is 42.0 Å². The van der Waals surface area contributed by atoms with Crippen molar-refractivity contribution in [2.24, 2.45) is 5.73 Å². The molecule has 0 radical (unpaired) electrons. The number of aliphatic hydroxyl groups excluding tert-OH is 1. The van der Waals surface area contributed by atoms with Gasteiger partial charge in [-0.1, -0.05) is 12.1 Å². The number of aliphatic hydroxyl groups is 1. The van der Waals surface area contributed by atoms with Crippen LogP contribution >= 0.6 is 11.8 Å². The fourth-order valence-corrected chi connectivity index (χ4v) is 3.37. The summed E-state index contributed by atoms with van der Waals surface area (Å²) in [5.74, 6) is 1.25. The third kappa shape index (κ3) is 3.72. The first-order chi connectivity index (χ1) is 8.69. The maximum atomic E-state index is 8.95. The highest BCUT2D eigenvalue weighted by Gasteiger charge is 2.11. The van der Waals surface area contributed by atoms with Crippen molar-refractivity contribution in [3.63, 3.8) is 0 Å². The minimum atomic E-state index is -0.150. The summed E-state index contributed by atoms with van der Waals surface area (Å²) in [5, 5.41) is 8.95. The molecule has 0 saturated carbocycles. The number of hydrogen-bond donors (Lipinski definition) is 2. The molecule has 0 fully saturated rings. The topological polar surface area (TPSA) is 49.5 Å².